The number of hydrogen-bond acceptors (Lipinski definition) is 8. The third-order valence-electron chi connectivity index (χ3n) is 6.96. The number of anilines is 2. The number of thioether (sulfide) groups is 1. The van der Waals surface area contributed by atoms with Gasteiger partial charge in [-0.1, -0.05) is 30.3 Å². The Balaban J connectivity index is 1.53. The number of amides is 2. The predicted octanol–water partition coefficient (Wildman–Crippen LogP) is 5.63. The molecule has 0 fully saturated rings. The highest BCUT2D eigenvalue weighted by Crippen LogP contribution is 2.33. The second kappa shape index (κ2) is 16.1. The number of carbonyl (C=O) groups excluding carboxylic acids is 2. The van der Waals surface area contributed by atoms with Gasteiger partial charge in [-0.2, -0.15) is 0 Å². The van der Waals surface area contributed by atoms with Crippen molar-refractivity contribution in [3.05, 3.63) is 102 Å². The van der Waals surface area contributed by atoms with Crippen molar-refractivity contribution in [1.82, 2.24) is 5.32 Å². The molecule has 2 amide bonds. The van der Waals surface area contributed by atoms with E-state index in [2.05, 4.69) is 10.6 Å². The topological polar surface area (TPSA) is 123 Å². The minimum Gasteiger partial charge on any atom is -0.493 e. The first-order chi connectivity index (χ1) is 22.2. The summed E-state index contributed by atoms with van der Waals surface area (Å²) in [6, 6.07) is 25.2. The third-order valence-corrected chi connectivity index (χ3v) is 9.48. The van der Waals surface area contributed by atoms with Gasteiger partial charge < -0.3 is 24.8 Å². The van der Waals surface area contributed by atoms with Crippen LogP contribution in [0.25, 0.3) is 0 Å². The largest absolute Gasteiger partial charge is 0.493 e. The zero-order valence-electron chi connectivity index (χ0n) is 26.1. The van der Waals surface area contributed by atoms with Gasteiger partial charge in [0, 0.05) is 11.4 Å². The molecule has 0 unspecified atom stereocenters. The van der Waals surface area contributed by atoms with Crippen LogP contribution >= 0.6 is 11.8 Å². The smallest absolute Gasteiger partial charge is 0.264 e. The number of methoxy groups -OCH3 is 2. The first-order valence-electron chi connectivity index (χ1n) is 14.5. The van der Waals surface area contributed by atoms with E-state index in [1.165, 1.54) is 23.9 Å². The molecule has 0 bridgehead atoms. The van der Waals surface area contributed by atoms with Crippen molar-refractivity contribution >= 4 is 45.0 Å². The van der Waals surface area contributed by atoms with Crippen molar-refractivity contribution in [2.45, 2.75) is 23.1 Å². The summed E-state index contributed by atoms with van der Waals surface area (Å²) in [6.45, 7) is 1.85. The molecule has 242 valence electrons. The van der Waals surface area contributed by atoms with Crippen LogP contribution in [0.2, 0.25) is 0 Å². The number of benzene rings is 4. The van der Waals surface area contributed by atoms with E-state index < -0.39 is 28.4 Å². The van der Waals surface area contributed by atoms with Crippen molar-refractivity contribution in [2.24, 2.45) is 0 Å². The van der Waals surface area contributed by atoms with Gasteiger partial charge in [0.05, 0.1) is 42.7 Å². The Morgan fingerprint density at radius 3 is 2.24 bits per heavy atom. The monoisotopic (exact) mass is 663 g/mol. The highest BCUT2D eigenvalue weighted by molar-refractivity contribution is 7.98. The van der Waals surface area contributed by atoms with E-state index >= 15 is 0 Å². The van der Waals surface area contributed by atoms with Gasteiger partial charge in [-0.25, -0.2) is 8.42 Å². The molecule has 0 radical (unpaired) electrons. The summed E-state index contributed by atoms with van der Waals surface area (Å²) in [5.74, 6) is 0.492. The Bertz CT molecular complexity index is 1760. The molecule has 4 aromatic rings. The Morgan fingerprint density at radius 1 is 0.848 bits per heavy atom. The van der Waals surface area contributed by atoms with Gasteiger partial charge in [0.1, 0.15) is 12.3 Å². The van der Waals surface area contributed by atoms with Crippen LogP contribution in [-0.2, 0) is 21.2 Å². The molecule has 2 N–H and O–H groups in total. The van der Waals surface area contributed by atoms with Crippen molar-refractivity contribution in [3.8, 4) is 17.2 Å². The number of rotatable bonds is 15. The molecule has 0 spiro atoms. The second-order valence-electron chi connectivity index (χ2n) is 9.88. The van der Waals surface area contributed by atoms with Gasteiger partial charge in [-0.15, -0.1) is 11.8 Å². The Morgan fingerprint density at radius 2 is 1.54 bits per heavy atom. The van der Waals surface area contributed by atoms with E-state index in [0.717, 1.165) is 14.8 Å². The summed E-state index contributed by atoms with van der Waals surface area (Å²) in [4.78, 5) is 27.6. The molecule has 0 aliphatic carbocycles. The second-order valence-corrected chi connectivity index (χ2v) is 12.6. The van der Waals surface area contributed by atoms with Gasteiger partial charge in [0.25, 0.3) is 15.9 Å². The molecule has 0 heterocycles. The first kappa shape index (κ1) is 34.2. The van der Waals surface area contributed by atoms with Crippen LogP contribution in [0.4, 0.5) is 11.4 Å². The lowest BCUT2D eigenvalue weighted by molar-refractivity contribution is -0.114. The highest BCUT2D eigenvalue weighted by atomic mass is 32.2. The maximum atomic E-state index is 14.0. The van der Waals surface area contributed by atoms with Crippen molar-refractivity contribution in [1.29, 1.82) is 0 Å². The third kappa shape index (κ3) is 8.32. The standard InChI is InChI=1S/C34H37N3O7S2/c1-5-44-30-13-9-8-12-29(30)37(46(40,41)26-17-15-25(45-4)16-18-26)23-33(38)36-28-11-7-6-10-27(28)34(39)35-21-20-24-14-19-31(42-2)32(22-24)43-3/h6-19,22H,5,20-21,23H2,1-4H3,(H,35,39)(H,36,38). The summed E-state index contributed by atoms with van der Waals surface area (Å²) in [5, 5.41) is 5.62. The molecule has 0 aromatic heterocycles. The highest BCUT2D eigenvalue weighted by Gasteiger charge is 2.30. The van der Waals surface area contributed by atoms with Gasteiger partial charge >= 0.3 is 0 Å². The molecule has 10 nitrogen and oxygen atoms in total. The lowest BCUT2D eigenvalue weighted by Crippen LogP contribution is -2.38. The lowest BCUT2D eigenvalue weighted by atomic mass is 10.1. The predicted molar refractivity (Wildman–Crippen MR) is 181 cm³/mol. The summed E-state index contributed by atoms with van der Waals surface area (Å²) in [7, 11) is -1.07. The van der Waals surface area contributed by atoms with Gasteiger partial charge in [0.15, 0.2) is 11.5 Å². The summed E-state index contributed by atoms with van der Waals surface area (Å²) in [5.41, 5.74) is 1.64. The Hall–Kier alpha value is -4.68. The maximum Gasteiger partial charge on any atom is 0.264 e. The molecule has 0 saturated heterocycles. The number of para-hydroxylation sites is 3. The molecular formula is C34H37N3O7S2. The average molecular weight is 664 g/mol. The van der Waals surface area contributed by atoms with Gasteiger partial charge in [-0.05, 0) is 85.8 Å². The number of nitrogens with zero attached hydrogens (tertiary/aromatic N) is 1. The molecular weight excluding hydrogens is 627 g/mol. The summed E-state index contributed by atoms with van der Waals surface area (Å²) < 4.78 is 45.3. The average Bonchev–Trinajstić information content (AvgIpc) is 3.07. The summed E-state index contributed by atoms with van der Waals surface area (Å²) >= 11 is 1.49. The van der Waals surface area contributed by atoms with Crippen LogP contribution in [0.1, 0.15) is 22.8 Å². The van der Waals surface area contributed by atoms with Crippen LogP contribution < -0.4 is 29.1 Å². The van der Waals surface area contributed by atoms with E-state index in [9.17, 15) is 18.0 Å². The summed E-state index contributed by atoms with van der Waals surface area (Å²) in [6.07, 6.45) is 2.43. The lowest BCUT2D eigenvalue weighted by Gasteiger charge is -2.26. The number of ether oxygens (including phenoxy) is 3. The van der Waals surface area contributed by atoms with Crippen molar-refractivity contribution in [3.63, 3.8) is 0 Å². The molecule has 0 aliphatic heterocycles. The molecule has 4 aromatic carbocycles. The van der Waals surface area contributed by atoms with E-state index in [-0.39, 0.29) is 21.8 Å². The first-order valence-corrected chi connectivity index (χ1v) is 17.1. The number of hydrogen-bond donors (Lipinski definition) is 2. The normalized spacial score (nSPS) is 11.0. The minimum atomic E-state index is -4.19. The van der Waals surface area contributed by atoms with Crippen LogP contribution in [0.3, 0.4) is 0 Å². The van der Waals surface area contributed by atoms with Crippen LogP contribution in [0, 0.1) is 0 Å². The maximum absolute atomic E-state index is 14.0. The molecule has 4 rings (SSSR count). The molecule has 0 atom stereocenters. The quantitative estimate of drug-likeness (QED) is 0.157. The van der Waals surface area contributed by atoms with Crippen LogP contribution in [0.15, 0.2) is 101 Å². The van der Waals surface area contributed by atoms with Crippen molar-refractivity contribution in [2.75, 3.05) is 49.8 Å². The number of sulfonamides is 1. The zero-order valence-corrected chi connectivity index (χ0v) is 27.7. The van der Waals surface area contributed by atoms with Gasteiger partial charge in [-0.3, -0.25) is 13.9 Å². The SMILES string of the molecule is CCOc1ccccc1N(CC(=O)Nc1ccccc1C(=O)NCCc1ccc(OC)c(OC)c1)S(=O)(=O)c1ccc(SC)cc1. The fourth-order valence-electron chi connectivity index (χ4n) is 4.68. The molecule has 12 heteroatoms. The fraction of sp³-hybridized carbons (Fsp3) is 0.235. The minimum absolute atomic E-state index is 0.0265. The van der Waals surface area contributed by atoms with E-state index in [1.807, 2.05) is 18.4 Å². The molecule has 0 saturated carbocycles. The Labute approximate surface area is 274 Å². The number of carbonyl (C=O) groups is 2. The van der Waals surface area contributed by atoms with E-state index in [4.69, 9.17) is 14.2 Å². The van der Waals surface area contributed by atoms with Crippen LogP contribution in [0.5, 0.6) is 17.2 Å². The van der Waals surface area contributed by atoms with E-state index in [1.54, 1.807) is 87.9 Å². The fourth-order valence-corrected chi connectivity index (χ4v) is 6.52. The molecule has 0 aliphatic rings. The molecule has 46 heavy (non-hydrogen) atoms. The Kier molecular flexibility index (Phi) is 11.9. The van der Waals surface area contributed by atoms with Crippen molar-refractivity contribution < 1.29 is 32.2 Å². The van der Waals surface area contributed by atoms with Crippen LogP contribution in [-0.4, -0.2) is 60.4 Å². The van der Waals surface area contributed by atoms with E-state index in [0.29, 0.717) is 36.8 Å². The number of nitrogens with one attached hydrogen (secondary N) is 2. The zero-order chi connectivity index (χ0) is 33.1. The van der Waals surface area contributed by atoms with Gasteiger partial charge in [0.2, 0.25) is 5.91 Å².